The van der Waals surface area contributed by atoms with Gasteiger partial charge in [0.05, 0.1) is 0 Å². The van der Waals surface area contributed by atoms with E-state index in [1.807, 2.05) is 18.4 Å². The van der Waals surface area contributed by atoms with E-state index < -0.39 is 0 Å². The number of benzene rings is 3. The fourth-order valence-corrected chi connectivity index (χ4v) is 2.77. The molecule has 0 saturated heterocycles. The third-order valence-corrected chi connectivity index (χ3v) is 4.53. The summed E-state index contributed by atoms with van der Waals surface area (Å²) in [5.74, 6) is 0.203. The second kappa shape index (κ2) is 7.99. The molecule has 0 N–H and O–H groups in total. The average Bonchev–Trinajstić information content (AvgIpc) is 2.67. The summed E-state index contributed by atoms with van der Waals surface area (Å²) in [5.41, 5.74) is 2.09. The molecule has 25 heavy (non-hydrogen) atoms. The van der Waals surface area contributed by atoms with Crippen molar-refractivity contribution in [3.63, 3.8) is 0 Å². The molecule has 3 aromatic rings. The summed E-state index contributed by atoms with van der Waals surface area (Å²) >= 11 is 1.70. The Kier molecular flexibility index (Phi) is 5.51. The van der Waals surface area contributed by atoms with Gasteiger partial charge in [-0.25, -0.2) is 4.39 Å². The molecule has 0 saturated carbocycles. The largest absolute Gasteiger partial charge is 0.489 e. The third-order valence-electron chi connectivity index (χ3n) is 3.79. The van der Waals surface area contributed by atoms with Gasteiger partial charge in [-0.15, -0.1) is 11.8 Å². The Bertz CT molecular complexity index is 841. The standard InChI is InChI=1S/C21H17FO2S/c1-25-20-12-2-15(3-13-20)14-24-19-10-6-17(7-11-19)21(23)16-4-8-18(22)9-5-16/h2-13H,14H2,1H3. The Hall–Kier alpha value is -2.59. The molecule has 126 valence electrons. The van der Waals surface area contributed by atoms with E-state index in [2.05, 4.69) is 12.1 Å². The maximum Gasteiger partial charge on any atom is 0.193 e. The van der Waals surface area contributed by atoms with E-state index in [4.69, 9.17) is 4.74 Å². The van der Waals surface area contributed by atoms with Crippen LogP contribution < -0.4 is 4.74 Å². The maximum absolute atomic E-state index is 12.9. The highest BCUT2D eigenvalue weighted by Gasteiger charge is 2.09. The second-order valence-electron chi connectivity index (χ2n) is 5.50. The molecule has 0 unspecified atom stereocenters. The molecule has 3 aromatic carbocycles. The first kappa shape index (κ1) is 17.2. The monoisotopic (exact) mass is 352 g/mol. The fraction of sp³-hybridized carbons (Fsp3) is 0.0952. The normalized spacial score (nSPS) is 10.5. The highest BCUT2D eigenvalue weighted by Crippen LogP contribution is 2.19. The summed E-state index contributed by atoms with van der Waals surface area (Å²) < 4.78 is 18.7. The highest BCUT2D eigenvalue weighted by molar-refractivity contribution is 7.98. The minimum absolute atomic E-state index is 0.140. The quantitative estimate of drug-likeness (QED) is 0.441. The first-order valence-electron chi connectivity index (χ1n) is 7.82. The maximum atomic E-state index is 12.9. The van der Waals surface area contributed by atoms with Crippen molar-refractivity contribution in [2.75, 3.05) is 6.26 Å². The number of carbonyl (C=O) groups is 1. The van der Waals surface area contributed by atoms with Crippen LogP contribution >= 0.6 is 11.8 Å². The molecule has 0 bridgehead atoms. The minimum Gasteiger partial charge on any atom is -0.489 e. The van der Waals surface area contributed by atoms with Crippen molar-refractivity contribution in [2.24, 2.45) is 0 Å². The van der Waals surface area contributed by atoms with E-state index in [9.17, 15) is 9.18 Å². The number of carbonyl (C=O) groups excluding carboxylic acids is 1. The molecular formula is C21H17FO2S. The molecule has 0 aliphatic rings. The minimum atomic E-state index is -0.356. The van der Waals surface area contributed by atoms with Gasteiger partial charge in [0.2, 0.25) is 0 Å². The molecular weight excluding hydrogens is 335 g/mol. The molecule has 0 atom stereocenters. The summed E-state index contributed by atoms with van der Waals surface area (Å²) in [5, 5.41) is 0. The van der Waals surface area contributed by atoms with Gasteiger partial charge in [0.15, 0.2) is 5.78 Å². The zero-order valence-electron chi connectivity index (χ0n) is 13.7. The van der Waals surface area contributed by atoms with Crippen LogP contribution in [0.25, 0.3) is 0 Å². The Morgan fingerprint density at radius 1 is 0.880 bits per heavy atom. The van der Waals surface area contributed by atoms with Gasteiger partial charge in [0, 0.05) is 16.0 Å². The van der Waals surface area contributed by atoms with Crippen LogP contribution in [-0.4, -0.2) is 12.0 Å². The van der Waals surface area contributed by atoms with Crippen molar-refractivity contribution in [2.45, 2.75) is 11.5 Å². The number of rotatable bonds is 6. The van der Waals surface area contributed by atoms with Crippen molar-refractivity contribution in [1.29, 1.82) is 0 Å². The average molecular weight is 352 g/mol. The van der Waals surface area contributed by atoms with Crippen LogP contribution in [0.3, 0.4) is 0 Å². The van der Waals surface area contributed by atoms with Crippen LogP contribution in [0.4, 0.5) is 4.39 Å². The van der Waals surface area contributed by atoms with E-state index >= 15 is 0 Å². The summed E-state index contributed by atoms with van der Waals surface area (Å²) in [4.78, 5) is 13.6. The number of ether oxygens (including phenoxy) is 1. The smallest absolute Gasteiger partial charge is 0.193 e. The zero-order valence-corrected chi connectivity index (χ0v) is 14.6. The van der Waals surface area contributed by atoms with Crippen molar-refractivity contribution >= 4 is 17.5 Å². The number of hydrogen-bond donors (Lipinski definition) is 0. The van der Waals surface area contributed by atoms with Gasteiger partial charge >= 0.3 is 0 Å². The summed E-state index contributed by atoms with van der Waals surface area (Å²) in [6, 6.07) is 20.7. The lowest BCUT2D eigenvalue weighted by Crippen LogP contribution is -2.01. The van der Waals surface area contributed by atoms with E-state index in [0.717, 1.165) is 5.56 Å². The van der Waals surface area contributed by atoms with Crippen molar-refractivity contribution in [3.8, 4) is 5.75 Å². The van der Waals surface area contributed by atoms with E-state index in [-0.39, 0.29) is 11.6 Å². The Morgan fingerprint density at radius 3 is 2.00 bits per heavy atom. The zero-order chi connectivity index (χ0) is 17.6. The lowest BCUT2D eigenvalue weighted by atomic mass is 10.0. The van der Waals surface area contributed by atoms with Crippen LogP contribution in [0.5, 0.6) is 5.75 Å². The van der Waals surface area contributed by atoms with Gasteiger partial charge in [-0.2, -0.15) is 0 Å². The number of thioether (sulfide) groups is 1. The van der Waals surface area contributed by atoms with E-state index in [1.165, 1.54) is 29.2 Å². The lowest BCUT2D eigenvalue weighted by Gasteiger charge is -2.08. The van der Waals surface area contributed by atoms with Crippen molar-refractivity contribution in [3.05, 3.63) is 95.3 Å². The SMILES string of the molecule is CSc1ccc(COc2ccc(C(=O)c3ccc(F)cc3)cc2)cc1. The molecule has 0 amide bonds. The molecule has 0 spiro atoms. The topological polar surface area (TPSA) is 26.3 Å². The highest BCUT2D eigenvalue weighted by atomic mass is 32.2. The molecule has 0 heterocycles. The molecule has 2 nitrogen and oxygen atoms in total. The predicted octanol–water partition coefficient (Wildman–Crippen LogP) is 5.36. The molecule has 0 radical (unpaired) electrons. The van der Waals surface area contributed by atoms with Gasteiger partial charge in [-0.1, -0.05) is 12.1 Å². The van der Waals surface area contributed by atoms with Crippen LogP contribution in [0.15, 0.2) is 77.7 Å². The third kappa shape index (κ3) is 4.48. The van der Waals surface area contributed by atoms with Gasteiger partial charge < -0.3 is 4.74 Å². The number of ketones is 1. The van der Waals surface area contributed by atoms with Crippen molar-refractivity contribution < 1.29 is 13.9 Å². The molecule has 0 aliphatic heterocycles. The second-order valence-corrected chi connectivity index (χ2v) is 6.38. The molecule has 0 aliphatic carbocycles. The van der Waals surface area contributed by atoms with Crippen LogP contribution in [0.2, 0.25) is 0 Å². The summed E-state index contributed by atoms with van der Waals surface area (Å²) in [7, 11) is 0. The first-order valence-corrected chi connectivity index (χ1v) is 9.04. The predicted molar refractivity (Wildman–Crippen MR) is 98.8 cm³/mol. The Balaban J connectivity index is 1.63. The van der Waals surface area contributed by atoms with Crippen LogP contribution in [0.1, 0.15) is 21.5 Å². The lowest BCUT2D eigenvalue weighted by molar-refractivity contribution is 0.103. The van der Waals surface area contributed by atoms with Gasteiger partial charge in [0.1, 0.15) is 18.2 Å². The first-order chi connectivity index (χ1) is 12.2. The summed E-state index contributed by atoms with van der Waals surface area (Å²) in [6.45, 7) is 0.472. The summed E-state index contributed by atoms with van der Waals surface area (Å²) in [6.07, 6.45) is 2.04. The Labute approximate surface area is 150 Å². The fourth-order valence-electron chi connectivity index (χ4n) is 2.36. The molecule has 0 fully saturated rings. The van der Waals surface area contributed by atoms with E-state index in [0.29, 0.717) is 23.5 Å². The van der Waals surface area contributed by atoms with Gasteiger partial charge in [0.25, 0.3) is 0 Å². The molecule has 4 heteroatoms. The van der Waals surface area contributed by atoms with Crippen LogP contribution in [-0.2, 0) is 6.61 Å². The van der Waals surface area contributed by atoms with Crippen LogP contribution in [0, 0.1) is 5.82 Å². The number of hydrogen-bond acceptors (Lipinski definition) is 3. The van der Waals surface area contributed by atoms with Gasteiger partial charge in [-0.3, -0.25) is 4.79 Å². The van der Waals surface area contributed by atoms with Crippen molar-refractivity contribution in [1.82, 2.24) is 0 Å². The Morgan fingerprint density at radius 2 is 1.44 bits per heavy atom. The molecule has 0 aromatic heterocycles. The number of halogens is 1. The van der Waals surface area contributed by atoms with E-state index in [1.54, 1.807) is 36.0 Å². The van der Waals surface area contributed by atoms with Gasteiger partial charge in [-0.05, 0) is 72.5 Å². The molecule has 3 rings (SSSR count).